The minimum absolute atomic E-state index is 0.0126. The van der Waals surface area contributed by atoms with Crippen molar-refractivity contribution >= 4 is 18.3 Å². The van der Waals surface area contributed by atoms with E-state index in [2.05, 4.69) is 4.98 Å². The lowest BCUT2D eigenvalue weighted by atomic mass is 10.3. The Morgan fingerprint density at radius 2 is 2.36 bits per heavy atom. The van der Waals surface area contributed by atoms with Crippen LogP contribution in [0, 0.1) is 17.0 Å². The maximum atomic E-state index is 10.3. The molecule has 0 amide bonds. The van der Waals surface area contributed by atoms with Gasteiger partial charge >= 0.3 is 0 Å². The summed E-state index contributed by atoms with van der Waals surface area (Å²) >= 11 is 4.71. The molecule has 1 aromatic heterocycles. The molecular formula is C6H5N2O2S. The van der Waals surface area contributed by atoms with Crippen LogP contribution in [-0.4, -0.2) is 9.91 Å². The van der Waals surface area contributed by atoms with Crippen LogP contribution in [0.1, 0.15) is 5.56 Å². The molecule has 11 heavy (non-hydrogen) atoms. The molecule has 1 heterocycles. The van der Waals surface area contributed by atoms with Crippen LogP contribution in [0.5, 0.6) is 0 Å². The standard InChI is InChI=1S/C6H5N2O2S/c1-4-2-6(11)7-3-5(4)8(9)10/h2-3H,1H3. The minimum Gasteiger partial charge on any atom is -0.258 e. The number of hydrogen-bond acceptors (Lipinski definition) is 3. The predicted octanol–water partition coefficient (Wildman–Crippen LogP) is 1.85. The molecule has 1 aromatic rings. The van der Waals surface area contributed by atoms with Gasteiger partial charge in [0.2, 0.25) is 0 Å². The van der Waals surface area contributed by atoms with Crippen molar-refractivity contribution in [3.05, 3.63) is 27.9 Å². The Morgan fingerprint density at radius 3 is 2.82 bits per heavy atom. The third-order valence-corrected chi connectivity index (χ3v) is 1.48. The van der Waals surface area contributed by atoms with Gasteiger partial charge in [-0.3, -0.25) is 10.1 Å². The molecule has 0 saturated heterocycles. The summed E-state index contributed by atoms with van der Waals surface area (Å²) in [6.45, 7) is 1.63. The van der Waals surface area contributed by atoms with Crippen LogP contribution in [0.3, 0.4) is 0 Å². The van der Waals surface area contributed by atoms with Gasteiger partial charge in [-0.15, -0.1) is 0 Å². The van der Waals surface area contributed by atoms with Crippen molar-refractivity contribution < 1.29 is 4.92 Å². The Bertz CT molecular complexity index is 301. The van der Waals surface area contributed by atoms with Crippen molar-refractivity contribution in [2.75, 3.05) is 0 Å². The highest BCUT2D eigenvalue weighted by Gasteiger charge is 2.09. The molecule has 4 nitrogen and oxygen atoms in total. The van der Waals surface area contributed by atoms with Crippen molar-refractivity contribution in [3.63, 3.8) is 0 Å². The van der Waals surface area contributed by atoms with Gasteiger partial charge < -0.3 is 0 Å². The van der Waals surface area contributed by atoms with E-state index in [1.807, 2.05) is 0 Å². The van der Waals surface area contributed by atoms with Gasteiger partial charge in [0, 0.05) is 5.56 Å². The number of aromatic nitrogens is 1. The molecular weight excluding hydrogens is 164 g/mol. The molecule has 0 aliphatic rings. The second kappa shape index (κ2) is 2.79. The number of aryl methyl sites for hydroxylation is 1. The van der Waals surface area contributed by atoms with Gasteiger partial charge in [0.05, 0.1) is 4.92 Å². The number of nitro groups is 1. The zero-order chi connectivity index (χ0) is 8.43. The molecule has 0 N–H and O–H groups in total. The molecule has 5 heteroatoms. The number of nitrogens with zero attached hydrogens (tertiary/aromatic N) is 2. The van der Waals surface area contributed by atoms with E-state index in [1.165, 1.54) is 12.3 Å². The van der Waals surface area contributed by atoms with Gasteiger partial charge in [-0.1, -0.05) is 12.6 Å². The Labute approximate surface area is 68.8 Å². The van der Waals surface area contributed by atoms with Gasteiger partial charge in [-0.25, -0.2) is 4.98 Å². The highest BCUT2D eigenvalue weighted by molar-refractivity contribution is 7.80. The fraction of sp³-hybridized carbons (Fsp3) is 0.167. The highest BCUT2D eigenvalue weighted by Crippen LogP contribution is 2.17. The second-order valence-corrected chi connectivity index (χ2v) is 2.48. The lowest BCUT2D eigenvalue weighted by Crippen LogP contribution is -1.92. The molecule has 0 bridgehead atoms. The molecule has 1 radical (unpaired) electrons. The van der Waals surface area contributed by atoms with E-state index in [4.69, 9.17) is 12.6 Å². The molecule has 0 saturated carbocycles. The van der Waals surface area contributed by atoms with Gasteiger partial charge in [0.1, 0.15) is 11.2 Å². The molecule has 57 valence electrons. The normalized spacial score (nSPS) is 9.55. The summed E-state index contributed by atoms with van der Waals surface area (Å²) < 4.78 is 0. The molecule has 0 aromatic carbocycles. The van der Waals surface area contributed by atoms with Crippen molar-refractivity contribution in [1.29, 1.82) is 0 Å². The summed E-state index contributed by atoms with van der Waals surface area (Å²) in [5.41, 5.74) is 0.564. The van der Waals surface area contributed by atoms with Crippen molar-refractivity contribution in [2.45, 2.75) is 11.9 Å². The van der Waals surface area contributed by atoms with Crippen LogP contribution in [-0.2, 0) is 0 Å². The lowest BCUT2D eigenvalue weighted by Gasteiger charge is -1.94. The first-order valence-corrected chi connectivity index (χ1v) is 3.30. The van der Waals surface area contributed by atoms with E-state index in [0.717, 1.165) is 0 Å². The van der Waals surface area contributed by atoms with E-state index in [1.54, 1.807) is 6.92 Å². The smallest absolute Gasteiger partial charge is 0.258 e. The Hall–Kier alpha value is -1.23. The topological polar surface area (TPSA) is 56.0 Å². The number of rotatable bonds is 1. The lowest BCUT2D eigenvalue weighted by molar-refractivity contribution is -0.385. The third kappa shape index (κ3) is 1.62. The van der Waals surface area contributed by atoms with Crippen LogP contribution >= 0.6 is 12.6 Å². The highest BCUT2D eigenvalue weighted by atomic mass is 32.1. The van der Waals surface area contributed by atoms with Crippen molar-refractivity contribution in [2.24, 2.45) is 0 Å². The summed E-state index contributed by atoms with van der Waals surface area (Å²) in [6, 6.07) is 1.51. The van der Waals surface area contributed by atoms with Gasteiger partial charge in [0.15, 0.2) is 0 Å². The van der Waals surface area contributed by atoms with Gasteiger partial charge in [-0.2, -0.15) is 0 Å². The van der Waals surface area contributed by atoms with Crippen LogP contribution in [0.15, 0.2) is 17.3 Å². The average Bonchev–Trinajstić information content (AvgIpc) is 1.85. The molecule has 1 rings (SSSR count). The van der Waals surface area contributed by atoms with Crippen molar-refractivity contribution in [1.82, 2.24) is 4.98 Å². The minimum atomic E-state index is -0.475. The number of hydrogen-bond donors (Lipinski definition) is 0. The Kier molecular flexibility index (Phi) is 2.00. The first kappa shape index (κ1) is 7.87. The summed E-state index contributed by atoms with van der Waals surface area (Å²) in [4.78, 5) is 13.4. The van der Waals surface area contributed by atoms with E-state index in [0.29, 0.717) is 10.6 Å². The van der Waals surface area contributed by atoms with E-state index < -0.39 is 4.92 Å². The van der Waals surface area contributed by atoms with E-state index in [9.17, 15) is 10.1 Å². The van der Waals surface area contributed by atoms with Gasteiger partial charge in [0.25, 0.3) is 5.69 Å². The van der Waals surface area contributed by atoms with Crippen LogP contribution < -0.4 is 0 Å². The summed E-state index contributed by atoms with van der Waals surface area (Å²) in [5.74, 6) is 0. The van der Waals surface area contributed by atoms with E-state index in [-0.39, 0.29) is 5.69 Å². The van der Waals surface area contributed by atoms with E-state index >= 15 is 0 Å². The fourth-order valence-electron chi connectivity index (χ4n) is 0.714. The first-order chi connectivity index (χ1) is 5.11. The molecule has 0 unspecified atom stereocenters. The molecule has 0 atom stereocenters. The van der Waals surface area contributed by atoms with Gasteiger partial charge in [-0.05, 0) is 13.0 Å². The zero-order valence-corrected chi connectivity index (χ0v) is 6.59. The van der Waals surface area contributed by atoms with Crippen LogP contribution in [0.25, 0.3) is 0 Å². The third-order valence-electron chi connectivity index (χ3n) is 1.25. The first-order valence-electron chi connectivity index (χ1n) is 2.89. The molecule has 0 aliphatic heterocycles. The molecule has 0 fully saturated rings. The largest absolute Gasteiger partial charge is 0.290 e. The second-order valence-electron chi connectivity index (χ2n) is 2.07. The van der Waals surface area contributed by atoms with Crippen LogP contribution in [0.4, 0.5) is 5.69 Å². The Morgan fingerprint density at radius 1 is 1.73 bits per heavy atom. The Balaban J connectivity index is 3.20. The SMILES string of the molecule is Cc1cc([S])ncc1[N+](=O)[O-]. The summed E-state index contributed by atoms with van der Waals surface area (Å²) in [6.07, 6.45) is 1.18. The number of pyridine rings is 1. The summed E-state index contributed by atoms with van der Waals surface area (Å²) in [5, 5.41) is 10.6. The monoisotopic (exact) mass is 169 g/mol. The predicted molar refractivity (Wildman–Crippen MR) is 41.5 cm³/mol. The fourth-order valence-corrected chi connectivity index (χ4v) is 0.944. The maximum Gasteiger partial charge on any atom is 0.290 e. The molecule has 0 spiro atoms. The van der Waals surface area contributed by atoms with Crippen molar-refractivity contribution in [3.8, 4) is 0 Å². The van der Waals surface area contributed by atoms with Crippen LogP contribution in [0.2, 0.25) is 0 Å². The quantitative estimate of drug-likeness (QED) is 0.476. The average molecular weight is 169 g/mol. The maximum absolute atomic E-state index is 10.3. The summed E-state index contributed by atoms with van der Waals surface area (Å²) in [7, 11) is 0. The zero-order valence-electron chi connectivity index (χ0n) is 5.77. The molecule has 0 aliphatic carbocycles.